The molecule has 0 aliphatic heterocycles. The van der Waals surface area contributed by atoms with E-state index >= 15 is 0 Å². The number of benzene rings is 2. The monoisotopic (exact) mass is 886 g/mol. The number of carbonyl (C=O) groups is 3. The van der Waals surface area contributed by atoms with Crippen LogP contribution in [0.3, 0.4) is 0 Å². The molecular formula is C36H32Cl2N8O7S4. The molecule has 0 aliphatic rings. The highest BCUT2D eigenvalue weighted by Crippen LogP contribution is 2.38. The number of rotatable bonds is 11. The summed E-state index contributed by atoms with van der Waals surface area (Å²) in [6.07, 6.45) is 3.02. The molecule has 4 aromatic heterocycles. The molecule has 0 spiro atoms. The third-order valence-corrected chi connectivity index (χ3v) is 13.6. The Labute approximate surface area is 346 Å². The molecule has 6 rings (SSSR count). The number of nitrogens with two attached hydrogens (primary N) is 1. The van der Waals surface area contributed by atoms with Crippen molar-refractivity contribution in [1.29, 1.82) is 0 Å². The van der Waals surface area contributed by atoms with E-state index in [-0.39, 0.29) is 43.8 Å². The number of primary amides is 1. The Morgan fingerprint density at radius 2 is 1.32 bits per heavy atom. The van der Waals surface area contributed by atoms with Crippen molar-refractivity contribution < 1.29 is 31.2 Å². The molecule has 0 saturated carbocycles. The van der Waals surface area contributed by atoms with Gasteiger partial charge in [0.15, 0.2) is 15.4 Å². The lowest BCUT2D eigenvalue weighted by atomic mass is 10.2. The van der Waals surface area contributed by atoms with E-state index in [4.69, 9.17) is 28.9 Å². The van der Waals surface area contributed by atoms with Gasteiger partial charge in [-0.25, -0.2) is 36.8 Å². The SMILES string of the molecule is CC(=O)Nc1nc(C)c(-c2cnc(Cl)c(N(C(C)=O)S(=O)(=O)c3ccccc3)c2)s1.Cc1nc(CC(N)=O)sc1-c1cnc(Cl)c(NS(=O)(=O)c2ccccc2)c1. The molecule has 3 amide bonds. The molecule has 0 atom stereocenters. The Hall–Kier alpha value is -5.31. The molecule has 296 valence electrons. The molecule has 57 heavy (non-hydrogen) atoms. The number of aryl methyl sites for hydroxylation is 2. The maximum absolute atomic E-state index is 13.1. The number of pyridine rings is 2. The summed E-state index contributed by atoms with van der Waals surface area (Å²) < 4.78 is 54.4. The zero-order valence-electron chi connectivity index (χ0n) is 30.4. The van der Waals surface area contributed by atoms with Crippen molar-refractivity contribution in [3.63, 3.8) is 0 Å². The highest BCUT2D eigenvalue weighted by molar-refractivity contribution is 7.93. The number of amides is 3. The van der Waals surface area contributed by atoms with E-state index in [0.29, 0.717) is 41.8 Å². The molecule has 21 heteroatoms. The minimum atomic E-state index is -4.21. The van der Waals surface area contributed by atoms with Crippen LogP contribution in [0.2, 0.25) is 10.3 Å². The number of halogens is 2. The van der Waals surface area contributed by atoms with Gasteiger partial charge in [0.25, 0.3) is 20.0 Å². The van der Waals surface area contributed by atoms with E-state index in [1.165, 1.54) is 72.3 Å². The topological polar surface area (TPSA) is 224 Å². The van der Waals surface area contributed by atoms with Crippen LogP contribution in [0, 0.1) is 13.8 Å². The second-order valence-corrected chi connectivity index (χ2v) is 18.2. The average molecular weight is 888 g/mol. The fraction of sp³-hybridized carbons (Fsp3) is 0.139. The molecule has 0 bridgehead atoms. The van der Waals surface area contributed by atoms with E-state index < -0.39 is 31.9 Å². The van der Waals surface area contributed by atoms with Crippen molar-refractivity contribution in [3.8, 4) is 20.9 Å². The first-order valence-corrected chi connectivity index (χ1v) is 21.7. The zero-order chi connectivity index (χ0) is 41.7. The molecule has 4 heterocycles. The number of aromatic nitrogens is 4. The lowest BCUT2D eigenvalue weighted by Crippen LogP contribution is -2.35. The van der Waals surface area contributed by atoms with Crippen molar-refractivity contribution in [2.75, 3.05) is 14.3 Å². The fourth-order valence-electron chi connectivity index (χ4n) is 5.13. The number of carbonyl (C=O) groups excluding carboxylic acids is 3. The highest BCUT2D eigenvalue weighted by Gasteiger charge is 2.31. The number of hydrogen-bond donors (Lipinski definition) is 3. The molecule has 0 aliphatic carbocycles. The highest BCUT2D eigenvalue weighted by atomic mass is 35.5. The number of anilines is 3. The molecule has 15 nitrogen and oxygen atoms in total. The van der Waals surface area contributed by atoms with Gasteiger partial charge in [-0.15, -0.1) is 11.3 Å². The maximum Gasteiger partial charge on any atom is 0.270 e. The van der Waals surface area contributed by atoms with Gasteiger partial charge in [-0.1, -0.05) is 70.9 Å². The molecule has 4 N–H and O–H groups in total. The fourth-order valence-corrected chi connectivity index (χ4v) is 10.1. The molecule has 6 aromatic rings. The van der Waals surface area contributed by atoms with Crippen LogP contribution in [0.25, 0.3) is 20.9 Å². The van der Waals surface area contributed by atoms with Crippen molar-refractivity contribution in [2.24, 2.45) is 5.73 Å². The summed E-state index contributed by atoms with van der Waals surface area (Å²) in [6.45, 7) is 6.04. The largest absolute Gasteiger partial charge is 0.369 e. The molecular weight excluding hydrogens is 856 g/mol. The van der Waals surface area contributed by atoms with Crippen molar-refractivity contribution in [1.82, 2.24) is 19.9 Å². The summed E-state index contributed by atoms with van der Waals surface area (Å²) >= 11 is 14.8. The smallest absolute Gasteiger partial charge is 0.270 e. The third kappa shape index (κ3) is 10.4. The van der Waals surface area contributed by atoms with Gasteiger partial charge in [-0.05, 0) is 50.2 Å². The molecule has 0 radical (unpaired) electrons. The predicted molar refractivity (Wildman–Crippen MR) is 221 cm³/mol. The zero-order valence-corrected chi connectivity index (χ0v) is 35.1. The number of nitrogens with zero attached hydrogens (tertiary/aromatic N) is 5. The Morgan fingerprint density at radius 3 is 1.89 bits per heavy atom. The first-order valence-electron chi connectivity index (χ1n) is 16.4. The Bertz CT molecular complexity index is 2700. The van der Waals surface area contributed by atoms with E-state index in [9.17, 15) is 31.2 Å². The first kappa shape index (κ1) is 42.8. The van der Waals surface area contributed by atoms with Crippen LogP contribution in [-0.2, 0) is 40.9 Å². The third-order valence-electron chi connectivity index (χ3n) is 7.51. The summed E-state index contributed by atoms with van der Waals surface area (Å²) in [5.41, 5.74) is 7.74. The normalized spacial score (nSPS) is 11.3. The summed E-state index contributed by atoms with van der Waals surface area (Å²) in [4.78, 5) is 53.0. The summed E-state index contributed by atoms with van der Waals surface area (Å²) in [5.74, 6) is -1.47. The molecule has 0 fully saturated rings. The van der Waals surface area contributed by atoms with Crippen molar-refractivity contribution in [2.45, 2.75) is 43.9 Å². The van der Waals surface area contributed by atoms with Gasteiger partial charge < -0.3 is 11.1 Å². The molecule has 2 aromatic carbocycles. The van der Waals surface area contributed by atoms with Crippen LogP contribution in [0.1, 0.15) is 30.2 Å². The van der Waals surface area contributed by atoms with E-state index in [1.54, 1.807) is 56.3 Å². The second kappa shape index (κ2) is 17.9. The number of hydrogen-bond acceptors (Lipinski definition) is 13. The van der Waals surface area contributed by atoms with Crippen LogP contribution in [0.15, 0.2) is 95.0 Å². The Balaban J connectivity index is 0.000000219. The summed E-state index contributed by atoms with van der Waals surface area (Å²) in [7, 11) is -8.01. The second-order valence-electron chi connectivity index (χ2n) is 11.9. The van der Waals surface area contributed by atoms with E-state index in [2.05, 4.69) is 30.0 Å². The van der Waals surface area contributed by atoms with Gasteiger partial charge in [0, 0.05) is 37.4 Å². The van der Waals surface area contributed by atoms with Gasteiger partial charge in [0.2, 0.25) is 17.7 Å². The van der Waals surface area contributed by atoms with Gasteiger partial charge in [0.1, 0.15) is 5.01 Å². The first-order chi connectivity index (χ1) is 26.9. The molecule has 0 saturated heterocycles. The number of thiazole rings is 2. The van der Waals surface area contributed by atoms with Crippen LogP contribution >= 0.6 is 45.9 Å². The minimum Gasteiger partial charge on any atom is -0.369 e. The van der Waals surface area contributed by atoms with Gasteiger partial charge in [-0.2, -0.15) is 4.31 Å². The van der Waals surface area contributed by atoms with Gasteiger partial charge >= 0.3 is 0 Å². The summed E-state index contributed by atoms with van der Waals surface area (Å²) in [5, 5.41) is 3.47. The van der Waals surface area contributed by atoms with Crippen molar-refractivity contribution in [3.05, 3.63) is 112 Å². The lowest BCUT2D eigenvalue weighted by molar-refractivity contribution is -0.117. The standard InChI is InChI=1S/C19H17ClN4O4S2.C17H15ClN4O3S2/c1-11-17(29-19(22-11)23-12(2)25)14-9-16(18(20)21-10-14)24(13(3)26)30(27,28)15-7-5-4-6-8-15;1-10-16(26-15(21-10)8-14(19)23)11-7-13(17(18)20-9-11)22-27(24,25)12-5-3-2-4-6-12/h4-10H,1-3H3,(H,22,23,25);2-7,9,22H,8H2,1H3,(H2,19,23). The van der Waals surface area contributed by atoms with Crippen LogP contribution in [0.4, 0.5) is 16.5 Å². The lowest BCUT2D eigenvalue weighted by Gasteiger charge is -2.22. The van der Waals surface area contributed by atoms with Crippen molar-refractivity contribution >= 4 is 100 Å². The predicted octanol–water partition coefficient (Wildman–Crippen LogP) is 6.86. The van der Waals surface area contributed by atoms with E-state index in [0.717, 1.165) is 11.8 Å². The average Bonchev–Trinajstić information content (AvgIpc) is 3.70. The Morgan fingerprint density at radius 1 is 0.772 bits per heavy atom. The number of sulfonamides is 2. The number of nitrogens with one attached hydrogen (secondary N) is 2. The van der Waals surface area contributed by atoms with Crippen LogP contribution < -0.4 is 20.1 Å². The maximum atomic E-state index is 13.1. The molecule has 0 unspecified atom stereocenters. The minimum absolute atomic E-state index is 0.0257. The van der Waals surface area contributed by atoms with E-state index in [1.807, 2.05) is 0 Å². The summed E-state index contributed by atoms with van der Waals surface area (Å²) in [6, 6.07) is 18.6. The Kier molecular flexibility index (Phi) is 13.4. The van der Waals surface area contributed by atoms with Gasteiger partial charge in [-0.3, -0.25) is 19.1 Å². The van der Waals surface area contributed by atoms with Gasteiger partial charge in [0.05, 0.1) is 48.7 Å². The van der Waals surface area contributed by atoms with Crippen LogP contribution in [-0.4, -0.2) is 54.5 Å². The quantitative estimate of drug-likeness (QED) is 0.114. The van der Waals surface area contributed by atoms with Crippen LogP contribution in [0.5, 0.6) is 0 Å².